The second-order valence-electron chi connectivity index (χ2n) is 8.00. The van der Waals surface area contributed by atoms with Gasteiger partial charge in [0.15, 0.2) is 0 Å². The number of ether oxygens (including phenoxy) is 1. The molecular formula is C23H25N7O2. The monoisotopic (exact) mass is 431 g/mol. The lowest BCUT2D eigenvalue weighted by Crippen LogP contribution is -2.57. The minimum atomic E-state index is -0.648. The molecule has 0 saturated carbocycles. The van der Waals surface area contributed by atoms with Gasteiger partial charge in [0.1, 0.15) is 23.2 Å². The number of aromatic nitrogens is 4. The number of methoxy groups -OCH3 is 1. The Morgan fingerprint density at radius 3 is 2.88 bits per heavy atom. The predicted octanol–water partition coefficient (Wildman–Crippen LogP) is 2.99. The maximum absolute atomic E-state index is 12.7. The Morgan fingerprint density at radius 2 is 2.19 bits per heavy atom. The number of aryl methyl sites for hydroxylation is 1. The third-order valence-electron chi connectivity index (χ3n) is 5.66. The van der Waals surface area contributed by atoms with E-state index in [1.54, 1.807) is 35.7 Å². The van der Waals surface area contributed by atoms with Gasteiger partial charge in [-0.05, 0) is 49.6 Å². The minimum absolute atomic E-state index is 0.0622. The number of nitrogens with one attached hydrogen (secondary N) is 1. The highest BCUT2D eigenvalue weighted by molar-refractivity contribution is 5.95. The molecule has 1 N–H and O–H groups in total. The number of benzene rings is 1. The van der Waals surface area contributed by atoms with Gasteiger partial charge in [-0.1, -0.05) is 11.3 Å². The van der Waals surface area contributed by atoms with E-state index in [4.69, 9.17) is 10.00 Å². The van der Waals surface area contributed by atoms with E-state index in [1.165, 1.54) is 6.20 Å². The Morgan fingerprint density at radius 1 is 1.34 bits per heavy atom. The molecule has 1 aliphatic heterocycles. The molecule has 0 fully saturated rings. The number of hydrogen-bond donors (Lipinski definition) is 1. The fraction of sp³-hybridized carbons (Fsp3) is 0.348. The van der Waals surface area contributed by atoms with E-state index >= 15 is 0 Å². The van der Waals surface area contributed by atoms with Crippen LogP contribution in [0.4, 0.5) is 11.5 Å². The summed E-state index contributed by atoms with van der Waals surface area (Å²) in [6.45, 7) is 4.77. The molecule has 0 saturated heterocycles. The van der Waals surface area contributed by atoms with E-state index in [-0.39, 0.29) is 5.91 Å². The predicted molar refractivity (Wildman–Crippen MR) is 120 cm³/mol. The zero-order valence-electron chi connectivity index (χ0n) is 18.4. The molecule has 1 aliphatic rings. The zero-order valence-corrected chi connectivity index (χ0v) is 18.4. The molecule has 1 aromatic carbocycles. The quantitative estimate of drug-likeness (QED) is 0.639. The van der Waals surface area contributed by atoms with Crippen molar-refractivity contribution in [1.82, 2.24) is 20.0 Å². The van der Waals surface area contributed by atoms with Gasteiger partial charge in [-0.2, -0.15) is 5.26 Å². The summed E-state index contributed by atoms with van der Waals surface area (Å²) in [5, 5.41) is 20.8. The summed E-state index contributed by atoms with van der Waals surface area (Å²) in [6, 6.07) is 11.5. The largest absolute Gasteiger partial charge is 0.383 e. The van der Waals surface area contributed by atoms with Crippen LogP contribution < -0.4 is 10.2 Å². The molecule has 164 valence electrons. The lowest BCUT2D eigenvalue weighted by Gasteiger charge is -2.46. The van der Waals surface area contributed by atoms with Gasteiger partial charge in [0.25, 0.3) is 0 Å². The molecule has 0 radical (unpaired) electrons. The molecule has 1 amide bonds. The molecule has 3 heterocycles. The van der Waals surface area contributed by atoms with E-state index in [2.05, 4.69) is 32.7 Å². The number of rotatable bonds is 6. The number of hydrogen-bond acceptors (Lipinski definition) is 7. The number of carbonyl (C=O) groups excluding carboxylic acids is 1. The molecule has 0 spiro atoms. The molecule has 0 bridgehead atoms. The van der Waals surface area contributed by atoms with Crippen LogP contribution in [0.15, 0.2) is 42.7 Å². The normalized spacial score (nSPS) is 17.5. The zero-order chi connectivity index (χ0) is 22.7. The van der Waals surface area contributed by atoms with Crippen molar-refractivity contribution < 1.29 is 9.53 Å². The van der Waals surface area contributed by atoms with Gasteiger partial charge in [0.05, 0.1) is 24.9 Å². The van der Waals surface area contributed by atoms with Crippen molar-refractivity contribution >= 4 is 17.4 Å². The first-order valence-corrected chi connectivity index (χ1v) is 10.4. The Kier molecular flexibility index (Phi) is 5.88. The summed E-state index contributed by atoms with van der Waals surface area (Å²) < 4.78 is 6.85. The van der Waals surface area contributed by atoms with Crippen molar-refractivity contribution in [2.24, 2.45) is 0 Å². The molecule has 32 heavy (non-hydrogen) atoms. The van der Waals surface area contributed by atoms with Gasteiger partial charge in [0.2, 0.25) is 5.91 Å². The van der Waals surface area contributed by atoms with Crippen LogP contribution in [0.1, 0.15) is 31.4 Å². The highest BCUT2D eigenvalue weighted by Gasteiger charge is 2.39. The summed E-state index contributed by atoms with van der Waals surface area (Å²) in [7, 11) is 1.65. The van der Waals surface area contributed by atoms with Gasteiger partial charge in [-0.25, -0.2) is 9.67 Å². The average Bonchev–Trinajstić information content (AvgIpc) is 3.26. The van der Waals surface area contributed by atoms with Crippen molar-refractivity contribution in [3.8, 4) is 17.3 Å². The maximum atomic E-state index is 12.7. The Balaban J connectivity index is 1.62. The Labute approximate surface area is 186 Å². The third-order valence-corrected chi connectivity index (χ3v) is 5.66. The summed E-state index contributed by atoms with van der Waals surface area (Å²) >= 11 is 0. The van der Waals surface area contributed by atoms with E-state index in [0.29, 0.717) is 31.0 Å². The lowest BCUT2D eigenvalue weighted by atomic mass is 9.90. The number of fused-ring (bicyclic) bond motifs is 1. The summed E-state index contributed by atoms with van der Waals surface area (Å²) in [5.74, 6) is 0.554. The molecule has 9 nitrogen and oxygen atoms in total. The highest BCUT2D eigenvalue weighted by Crippen LogP contribution is 2.39. The number of amides is 1. The molecular weight excluding hydrogens is 406 g/mol. The smallest absolute Gasteiger partial charge is 0.225 e. The molecule has 4 rings (SSSR count). The van der Waals surface area contributed by atoms with Crippen LogP contribution in [-0.4, -0.2) is 45.3 Å². The van der Waals surface area contributed by atoms with Crippen LogP contribution in [0.5, 0.6) is 0 Å². The molecule has 2 aromatic heterocycles. The van der Waals surface area contributed by atoms with Crippen molar-refractivity contribution in [1.29, 1.82) is 5.26 Å². The molecule has 3 aromatic rings. The maximum Gasteiger partial charge on any atom is 0.225 e. The van der Waals surface area contributed by atoms with Gasteiger partial charge >= 0.3 is 0 Å². The SMILES string of the molecule is COCCn1cc(-c2ccc3c(c2)CC[C@@](C)(Nc2ccc(C#N)cn2)N3C(C)=O)nn1. The number of anilines is 2. The topological polar surface area (TPSA) is 109 Å². The van der Waals surface area contributed by atoms with E-state index < -0.39 is 5.66 Å². The average molecular weight is 432 g/mol. The first-order chi connectivity index (χ1) is 15.4. The van der Waals surface area contributed by atoms with Crippen molar-refractivity contribution in [2.45, 2.75) is 38.9 Å². The second-order valence-corrected chi connectivity index (χ2v) is 8.00. The van der Waals surface area contributed by atoms with Crippen LogP contribution in [0.3, 0.4) is 0 Å². The lowest BCUT2D eigenvalue weighted by molar-refractivity contribution is -0.117. The van der Waals surface area contributed by atoms with Gasteiger partial charge < -0.3 is 10.1 Å². The highest BCUT2D eigenvalue weighted by atomic mass is 16.5. The van der Waals surface area contributed by atoms with E-state index in [9.17, 15) is 4.79 Å². The molecule has 9 heteroatoms. The summed E-state index contributed by atoms with van der Waals surface area (Å²) in [5.41, 5.74) is 3.53. The third kappa shape index (κ3) is 4.18. The fourth-order valence-corrected chi connectivity index (χ4v) is 4.09. The van der Waals surface area contributed by atoms with Crippen LogP contribution in [-0.2, 0) is 22.5 Å². The van der Waals surface area contributed by atoms with E-state index in [1.807, 2.05) is 25.3 Å². The number of carbonyl (C=O) groups is 1. The summed E-state index contributed by atoms with van der Waals surface area (Å²) in [4.78, 5) is 18.8. The van der Waals surface area contributed by atoms with E-state index in [0.717, 1.165) is 28.9 Å². The Bertz CT molecular complexity index is 1170. The van der Waals surface area contributed by atoms with Gasteiger partial charge in [-0.15, -0.1) is 5.10 Å². The number of nitrogens with zero attached hydrogens (tertiary/aromatic N) is 6. The second kappa shape index (κ2) is 8.77. The van der Waals surface area contributed by atoms with Gasteiger partial charge in [-0.3, -0.25) is 9.69 Å². The fourth-order valence-electron chi connectivity index (χ4n) is 4.09. The Hall–Kier alpha value is -3.77. The van der Waals surface area contributed by atoms with Crippen molar-refractivity contribution in [3.05, 3.63) is 53.9 Å². The van der Waals surface area contributed by atoms with Crippen LogP contribution in [0.2, 0.25) is 0 Å². The van der Waals surface area contributed by atoms with Gasteiger partial charge in [0, 0.05) is 31.5 Å². The summed E-state index contributed by atoms with van der Waals surface area (Å²) in [6.07, 6.45) is 4.90. The first-order valence-electron chi connectivity index (χ1n) is 10.4. The first kappa shape index (κ1) is 21.5. The van der Waals surface area contributed by atoms with Crippen LogP contribution in [0, 0.1) is 11.3 Å². The molecule has 0 unspecified atom stereocenters. The standard InChI is InChI=1S/C23H25N7O2/c1-16(31)30-21-6-5-18(20-15-29(28-27-20)10-11-32-3)12-19(21)8-9-23(30,2)26-22-7-4-17(13-24)14-25-22/h4-7,12,14-15H,8-11H2,1-3H3,(H,25,26)/t23-/m0/s1. The van der Waals surface area contributed by atoms with Crippen LogP contribution >= 0.6 is 0 Å². The van der Waals surface area contributed by atoms with Crippen molar-refractivity contribution in [2.75, 3.05) is 23.9 Å². The minimum Gasteiger partial charge on any atom is -0.383 e. The molecule has 1 atom stereocenters. The number of pyridine rings is 1. The number of nitriles is 1. The van der Waals surface area contributed by atoms with Crippen LogP contribution in [0.25, 0.3) is 11.3 Å². The van der Waals surface area contributed by atoms with Crippen molar-refractivity contribution in [3.63, 3.8) is 0 Å². The molecule has 0 aliphatic carbocycles.